The van der Waals surface area contributed by atoms with Crippen LogP contribution >= 0.6 is 0 Å². The maximum absolute atomic E-state index is 14.3. The van der Waals surface area contributed by atoms with Crippen LogP contribution in [0.1, 0.15) is 25.8 Å². The van der Waals surface area contributed by atoms with E-state index in [1.54, 1.807) is 55.2 Å². The lowest BCUT2D eigenvalue weighted by Gasteiger charge is -2.32. The third kappa shape index (κ3) is 4.95. The predicted molar refractivity (Wildman–Crippen MR) is 132 cm³/mol. The number of anilines is 1. The first-order chi connectivity index (χ1) is 17.1. The van der Waals surface area contributed by atoms with Crippen LogP contribution in [0, 0.1) is 0 Å². The maximum Gasteiger partial charge on any atom is 0.279 e. The van der Waals surface area contributed by atoms with Crippen LogP contribution in [-0.4, -0.2) is 65.0 Å². The maximum atomic E-state index is 14.3. The van der Waals surface area contributed by atoms with Crippen LogP contribution < -0.4 is 10.6 Å². The molecule has 0 spiro atoms. The Morgan fingerprint density at radius 2 is 2.08 bits per heavy atom. The lowest BCUT2D eigenvalue weighted by atomic mass is 10.0. The summed E-state index contributed by atoms with van der Waals surface area (Å²) < 4.78 is 32.1. The van der Waals surface area contributed by atoms with E-state index in [1.807, 2.05) is 16.8 Å². The number of hydrogen-bond donors (Lipinski definition) is 4. The highest BCUT2D eigenvalue weighted by molar-refractivity contribution is 5.71. The SMILES string of the molecule is CC(C)(O)Cn1cc(-c2cn3c(-c4cccc(N[C@@H]5CCNCC5(F)F)n4)cnc3cc2CO)cn1. The molecule has 0 aromatic carbocycles. The molecule has 0 amide bonds. The van der Waals surface area contributed by atoms with Gasteiger partial charge in [-0.25, -0.2) is 18.7 Å². The number of piperidine rings is 1. The number of alkyl halides is 2. The Balaban J connectivity index is 1.50. The predicted octanol–water partition coefficient (Wildman–Crippen LogP) is 2.93. The number of aromatic nitrogens is 5. The summed E-state index contributed by atoms with van der Waals surface area (Å²) in [6.07, 6.45) is 7.32. The minimum atomic E-state index is -2.87. The molecule has 1 aliphatic heterocycles. The number of aliphatic hydroxyl groups is 2. The highest BCUT2D eigenvalue weighted by Gasteiger charge is 2.41. The largest absolute Gasteiger partial charge is 0.392 e. The van der Waals surface area contributed by atoms with Crippen molar-refractivity contribution in [3.8, 4) is 22.5 Å². The van der Waals surface area contributed by atoms with E-state index in [1.165, 1.54) is 0 Å². The van der Waals surface area contributed by atoms with Crippen LogP contribution in [0.2, 0.25) is 0 Å². The quantitative estimate of drug-likeness (QED) is 0.311. The lowest BCUT2D eigenvalue weighted by Crippen LogP contribution is -2.52. The first kappa shape index (κ1) is 24.3. The van der Waals surface area contributed by atoms with Crippen molar-refractivity contribution in [3.63, 3.8) is 0 Å². The van der Waals surface area contributed by atoms with E-state index < -0.39 is 17.6 Å². The van der Waals surface area contributed by atoms with Crippen LogP contribution in [-0.2, 0) is 13.2 Å². The van der Waals surface area contributed by atoms with Gasteiger partial charge in [0.2, 0.25) is 0 Å². The molecule has 0 aliphatic carbocycles. The monoisotopic (exact) mass is 497 g/mol. The molecule has 0 unspecified atom stereocenters. The molecular weight excluding hydrogens is 468 g/mol. The van der Waals surface area contributed by atoms with Gasteiger partial charge in [0.1, 0.15) is 11.5 Å². The second-order valence-electron chi connectivity index (χ2n) is 9.81. The molecule has 1 aliphatic rings. The van der Waals surface area contributed by atoms with Crippen LogP contribution in [0.15, 0.2) is 49.1 Å². The number of nitrogens with one attached hydrogen (secondary N) is 2. The Hall–Kier alpha value is -3.41. The van der Waals surface area contributed by atoms with Crippen molar-refractivity contribution in [2.75, 3.05) is 18.4 Å². The first-order valence-electron chi connectivity index (χ1n) is 11.8. The summed E-state index contributed by atoms with van der Waals surface area (Å²) in [5.74, 6) is -2.50. The molecule has 11 heteroatoms. The number of rotatable bonds is 7. The van der Waals surface area contributed by atoms with Gasteiger partial charge in [-0.15, -0.1) is 0 Å². The van der Waals surface area contributed by atoms with Gasteiger partial charge in [0.15, 0.2) is 0 Å². The number of aliphatic hydroxyl groups excluding tert-OH is 1. The molecule has 5 heterocycles. The van der Waals surface area contributed by atoms with Gasteiger partial charge in [-0.2, -0.15) is 5.10 Å². The number of hydrogen-bond acceptors (Lipinski definition) is 7. The molecule has 4 aromatic rings. The normalized spacial score (nSPS) is 18.0. The highest BCUT2D eigenvalue weighted by Crippen LogP contribution is 2.30. The Bertz CT molecular complexity index is 1380. The second-order valence-corrected chi connectivity index (χ2v) is 9.81. The van der Waals surface area contributed by atoms with E-state index in [4.69, 9.17) is 0 Å². The van der Waals surface area contributed by atoms with Gasteiger partial charge < -0.3 is 20.8 Å². The van der Waals surface area contributed by atoms with Crippen molar-refractivity contribution in [3.05, 3.63) is 54.6 Å². The second kappa shape index (κ2) is 9.23. The summed E-state index contributed by atoms with van der Waals surface area (Å²) in [7, 11) is 0. The fourth-order valence-corrected chi connectivity index (χ4v) is 4.48. The molecule has 1 atom stereocenters. The summed E-state index contributed by atoms with van der Waals surface area (Å²) in [6, 6.07) is 6.05. The fraction of sp³-hybridized carbons (Fsp3) is 0.400. The van der Waals surface area contributed by atoms with Crippen LogP contribution in [0.25, 0.3) is 28.2 Å². The average molecular weight is 498 g/mol. The van der Waals surface area contributed by atoms with E-state index in [-0.39, 0.29) is 13.2 Å². The molecule has 190 valence electrons. The van der Waals surface area contributed by atoms with Crippen LogP contribution in [0.5, 0.6) is 0 Å². The standard InChI is InChI=1S/C25H29F2N7O2/c1-24(2,36)15-33-11-17(9-30-33)18-12-34-20(10-29-23(34)8-16(18)13-35)19-4-3-5-22(31-19)32-21-6-7-28-14-25(21,26)27/h3-5,8-12,21,28,35-36H,6-7,13-15H2,1-2H3,(H,31,32)/t21-/m1/s1. The molecule has 5 rings (SSSR count). The van der Waals surface area contributed by atoms with Crippen LogP contribution in [0.4, 0.5) is 14.6 Å². The van der Waals surface area contributed by atoms with E-state index in [9.17, 15) is 19.0 Å². The number of pyridine rings is 2. The smallest absolute Gasteiger partial charge is 0.279 e. The van der Waals surface area contributed by atoms with E-state index in [2.05, 4.69) is 25.7 Å². The van der Waals surface area contributed by atoms with Gasteiger partial charge in [-0.3, -0.25) is 9.08 Å². The van der Waals surface area contributed by atoms with Crippen molar-refractivity contribution < 1.29 is 19.0 Å². The summed E-state index contributed by atoms with van der Waals surface area (Å²) in [4.78, 5) is 9.06. The minimum Gasteiger partial charge on any atom is -0.392 e. The first-order valence-corrected chi connectivity index (χ1v) is 11.8. The highest BCUT2D eigenvalue weighted by atomic mass is 19.3. The zero-order valence-corrected chi connectivity index (χ0v) is 20.1. The van der Waals surface area contributed by atoms with Gasteiger partial charge in [0.25, 0.3) is 5.92 Å². The minimum absolute atomic E-state index is 0.188. The molecule has 1 saturated heterocycles. The zero-order valence-electron chi connectivity index (χ0n) is 20.1. The molecule has 9 nitrogen and oxygen atoms in total. The Morgan fingerprint density at radius 3 is 2.83 bits per heavy atom. The van der Waals surface area contributed by atoms with E-state index >= 15 is 0 Å². The Morgan fingerprint density at radius 1 is 1.25 bits per heavy atom. The van der Waals surface area contributed by atoms with E-state index in [0.29, 0.717) is 47.9 Å². The number of nitrogens with zero attached hydrogens (tertiary/aromatic N) is 5. The summed E-state index contributed by atoms with van der Waals surface area (Å²) >= 11 is 0. The van der Waals surface area contributed by atoms with Gasteiger partial charge in [0.05, 0.1) is 55.1 Å². The van der Waals surface area contributed by atoms with Crippen molar-refractivity contribution in [1.29, 1.82) is 0 Å². The van der Waals surface area contributed by atoms with Crippen molar-refractivity contribution in [2.24, 2.45) is 0 Å². The van der Waals surface area contributed by atoms with Gasteiger partial charge in [0, 0.05) is 23.5 Å². The van der Waals surface area contributed by atoms with Crippen molar-refractivity contribution >= 4 is 11.5 Å². The summed E-state index contributed by atoms with van der Waals surface area (Å²) in [5, 5.41) is 30.1. The third-order valence-corrected chi connectivity index (χ3v) is 6.21. The third-order valence-electron chi connectivity index (χ3n) is 6.21. The molecule has 4 aromatic heterocycles. The topological polar surface area (TPSA) is 113 Å². The molecule has 0 radical (unpaired) electrons. The lowest BCUT2D eigenvalue weighted by molar-refractivity contribution is -0.0322. The van der Waals surface area contributed by atoms with Gasteiger partial charge in [-0.1, -0.05) is 6.07 Å². The van der Waals surface area contributed by atoms with Gasteiger partial charge >= 0.3 is 0 Å². The Labute approximate surface area is 206 Å². The zero-order chi connectivity index (χ0) is 25.5. The summed E-state index contributed by atoms with van der Waals surface area (Å²) in [5.41, 5.74) is 3.17. The molecule has 1 fully saturated rings. The number of imidazole rings is 1. The molecule has 36 heavy (non-hydrogen) atoms. The number of fused-ring (bicyclic) bond motifs is 1. The Kier molecular flexibility index (Phi) is 6.23. The summed E-state index contributed by atoms with van der Waals surface area (Å²) in [6.45, 7) is 3.70. The average Bonchev–Trinajstić information content (AvgIpc) is 3.45. The van der Waals surface area contributed by atoms with Crippen molar-refractivity contribution in [2.45, 2.75) is 51.0 Å². The van der Waals surface area contributed by atoms with Gasteiger partial charge in [-0.05, 0) is 50.6 Å². The molecule has 0 saturated carbocycles. The van der Waals surface area contributed by atoms with Crippen molar-refractivity contribution in [1.82, 2.24) is 29.5 Å². The fourth-order valence-electron chi connectivity index (χ4n) is 4.48. The van der Waals surface area contributed by atoms with Crippen LogP contribution in [0.3, 0.4) is 0 Å². The number of halogens is 2. The molecule has 4 N–H and O–H groups in total. The molecular formula is C25H29F2N7O2. The van der Waals surface area contributed by atoms with E-state index in [0.717, 1.165) is 11.1 Å². The molecule has 0 bridgehead atoms.